The topological polar surface area (TPSA) is 123 Å². The number of nitrogens with zero attached hydrogens (tertiary/aromatic N) is 3. The number of hydrogen-bond donors (Lipinski definition) is 1. The number of nitrogens with one attached hydrogen (secondary N) is 1. The molecular formula is C40H41N4O8P. The highest BCUT2D eigenvalue weighted by Gasteiger charge is 2.45. The number of benzene rings is 4. The predicted molar refractivity (Wildman–Crippen MR) is 200 cm³/mol. The van der Waals surface area contributed by atoms with Crippen LogP contribution in [0.3, 0.4) is 0 Å². The highest BCUT2D eigenvalue weighted by molar-refractivity contribution is 7.44. The third-order valence-corrected chi connectivity index (χ3v) is 11.0. The predicted octanol–water partition coefficient (Wildman–Crippen LogP) is 6.38. The van der Waals surface area contributed by atoms with E-state index in [1.54, 1.807) is 50.7 Å². The molecule has 53 heavy (non-hydrogen) atoms. The molecule has 0 spiro atoms. The van der Waals surface area contributed by atoms with Gasteiger partial charge in [0, 0.05) is 24.7 Å². The molecule has 12 nitrogen and oxygen atoms in total. The summed E-state index contributed by atoms with van der Waals surface area (Å²) < 4.78 is 40.8. The maximum Gasteiger partial charge on any atom is 0.351 e. The second-order valence-electron chi connectivity index (χ2n) is 12.6. The lowest BCUT2D eigenvalue weighted by Gasteiger charge is -2.37. The van der Waals surface area contributed by atoms with Crippen LogP contribution in [-0.2, 0) is 24.1 Å². The van der Waals surface area contributed by atoms with E-state index in [-0.39, 0.29) is 18.3 Å². The number of carbonyl (C=O) groups excluding carboxylic acids is 1. The van der Waals surface area contributed by atoms with E-state index in [0.717, 1.165) is 23.2 Å². The number of aromatic nitrogens is 2. The molecule has 4 atom stereocenters. The molecule has 5 aromatic rings. The Morgan fingerprint density at radius 3 is 2.04 bits per heavy atom. The second-order valence-corrected chi connectivity index (χ2v) is 14.2. The van der Waals surface area contributed by atoms with Gasteiger partial charge in [0.25, 0.3) is 14.4 Å². The Hall–Kier alpha value is -4.94. The maximum absolute atomic E-state index is 13.4. The summed E-state index contributed by atoms with van der Waals surface area (Å²) in [5, 5.41) is 2.70. The summed E-state index contributed by atoms with van der Waals surface area (Å²) in [5.41, 5.74) is 1.44. The zero-order chi connectivity index (χ0) is 36.8. The van der Waals surface area contributed by atoms with Gasteiger partial charge >= 0.3 is 5.69 Å². The summed E-state index contributed by atoms with van der Waals surface area (Å²) in [6.07, 6.45) is 0.0989. The standard InChI is InChI=1S/C40H41N4O8P/c1-43-24-25-50-53(43)52-34-26-37(44-23-22-36(42-39(44)46)41-38(45)28-10-6-4-7-11-28)51-35(34)27-49-40(29-12-8-5-9-13-29,30-14-18-32(47-2)19-15-30)31-16-20-33(48-3)21-17-31/h4-23,34-35,37H,24-27H2,1-3H3,(H,41,42,45,46)/t34-,35+,37+,53?/m0/s1. The normalized spacial score (nSPS) is 20.3. The number of rotatable bonds is 13. The van der Waals surface area contributed by atoms with Crippen LogP contribution in [-0.4, -0.2) is 73.4 Å². The minimum Gasteiger partial charge on any atom is -0.497 e. The molecule has 0 saturated carbocycles. The summed E-state index contributed by atoms with van der Waals surface area (Å²) in [7, 11) is 3.89. The summed E-state index contributed by atoms with van der Waals surface area (Å²) in [4.78, 5) is 30.3. The van der Waals surface area contributed by atoms with Crippen LogP contribution in [0.4, 0.5) is 5.82 Å². The number of carbonyl (C=O) groups is 1. The van der Waals surface area contributed by atoms with Crippen LogP contribution < -0.4 is 20.5 Å². The van der Waals surface area contributed by atoms with E-state index in [2.05, 4.69) is 10.3 Å². The van der Waals surface area contributed by atoms with Crippen LogP contribution in [0.5, 0.6) is 11.5 Å². The van der Waals surface area contributed by atoms with Crippen LogP contribution in [0.25, 0.3) is 0 Å². The van der Waals surface area contributed by atoms with Gasteiger partial charge in [-0.15, -0.1) is 0 Å². The second kappa shape index (κ2) is 16.4. The Bertz CT molecular complexity index is 1990. The lowest BCUT2D eigenvalue weighted by Crippen LogP contribution is -2.38. The van der Waals surface area contributed by atoms with E-state index in [9.17, 15) is 9.59 Å². The molecule has 2 fully saturated rings. The van der Waals surface area contributed by atoms with Gasteiger partial charge in [-0.25, -0.2) is 9.46 Å². The SMILES string of the molecule is COc1ccc(C(OC[C@H]2O[C@@H](n3ccc(NC(=O)c4ccccc4)nc3=O)C[C@@H]2OP2OCCN2C)(c2ccccc2)c2ccc(OC)cc2)cc1. The summed E-state index contributed by atoms with van der Waals surface area (Å²) in [6, 6.07) is 36.0. The van der Waals surface area contributed by atoms with Crippen LogP contribution in [0.15, 0.2) is 126 Å². The third kappa shape index (κ3) is 7.89. The Labute approximate surface area is 309 Å². The van der Waals surface area contributed by atoms with Crippen molar-refractivity contribution in [2.75, 3.05) is 46.3 Å². The van der Waals surface area contributed by atoms with Gasteiger partial charge in [-0.1, -0.05) is 72.8 Å². The molecule has 2 aliphatic heterocycles. The Morgan fingerprint density at radius 1 is 0.868 bits per heavy atom. The fourth-order valence-corrected chi connectivity index (χ4v) is 7.91. The van der Waals surface area contributed by atoms with Gasteiger partial charge < -0.3 is 33.3 Å². The number of methoxy groups -OCH3 is 2. The first-order valence-electron chi connectivity index (χ1n) is 17.3. The van der Waals surface area contributed by atoms with E-state index >= 15 is 0 Å². The van der Waals surface area contributed by atoms with E-state index in [1.165, 1.54) is 4.57 Å². The molecule has 13 heteroatoms. The van der Waals surface area contributed by atoms with Crippen molar-refractivity contribution in [3.63, 3.8) is 0 Å². The molecular weight excluding hydrogens is 695 g/mol. The molecule has 274 valence electrons. The highest BCUT2D eigenvalue weighted by atomic mass is 31.2. The van der Waals surface area contributed by atoms with E-state index in [0.29, 0.717) is 30.1 Å². The van der Waals surface area contributed by atoms with Crippen LogP contribution in [0, 0.1) is 0 Å². The molecule has 0 aliphatic carbocycles. The molecule has 3 heterocycles. The number of likely N-dealkylation sites (N-methyl/N-ethyl adjacent to an activating group) is 1. The lowest BCUT2D eigenvalue weighted by atomic mass is 9.80. The van der Waals surface area contributed by atoms with E-state index in [4.69, 9.17) is 28.0 Å². The summed E-state index contributed by atoms with van der Waals surface area (Å²) >= 11 is 0. The number of ether oxygens (including phenoxy) is 4. The first-order valence-corrected chi connectivity index (χ1v) is 18.4. The molecule has 4 aromatic carbocycles. The lowest BCUT2D eigenvalue weighted by molar-refractivity contribution is -0.0918. The molecule has 1 N–H and O–H groups in total. The Kier molecular flexibility index (Phi) is 11.3. The minimum absolute atomic E-state index is 0.0917. The molecule has 2 saturated heterocycles. The van der Waals surface area contributed by atoms with Crippen molar-refractivity contribution in [2.45, 2.75) is 30.5 Å². The van der Waals surface area contributed by atoms with Crippen molar-refractivity contribution in [2.24, 2.45) is 0 Å². The number of amides is 1. The fourth-order valence-electron chi connectivity index (χ4n) is 6.55. The third-order valence-electron chi connectivity index (χ3n) is 9.36. The Morgan fingerprint density at radius 2 is 1.47 bits per heavy atom. The molecule has 1 aromatic heterocycles. The number of anilines is 1. The zero-order valence-electron chi connectivity index (χ0n) is 29.7. The van der Waals surface area contributed by atoms with Crippen LogP contribution in [0.2, 0.25) is 0 Å². The number of hydrogen-bond acceptors (Lipinski definition) is 10. The van der Waals surface area contributed by atoms with E-state index in [1.807, 2.05) is 96.6 Å². The summed E-state index contributed by atoms with van der Waals surface area (Å²) in [6.45, 7) is 1.40. The van der Waals surface area contributed by atoms with Crippen molar-refractivity contribution in [3.05, 3.63) is 154 Å². The van der Waals surface area contributed by atoms with E-state index < -0.39 is 38.3 Å². The van der Waals surface area contributed by atoms with Gasteiger partial charge in [-0.3, -0.25) is 9.36 Å². The quantitative estimate of drug-likeness (QED) is 0.108. The molecule has 0 bridgehead atoms. The smallest absolute Gasteiger partial charge is 0.351 e. The maximum atomic E-state index is 13.4. The van der Waals surface area contributed by atoms with Crippen molar-refractivity contribution >= 4 is 20.3 Å². The van der Waals surface area contributed by atoms with Gasteiger partial charge in [0.15, 0.2) is 0 Å². The first kappa shape index (κ1) is 36.4. The Balaban J connectivity index is 1.21. The van der Waals surface area contributed by atoms with Gasteiger partial charge in [-0.05, 0) is 66.2 Å². The monoisotopic (exact) mass is 736 g/mol. The first-order chi connectivity index (χ1) is 25.9. The molecule has 1 amide bonds. The average Bonchev–Trinajstić information content (AvgIpc) is 3.81. The average molecular weight is 737 g/mol. The van der Waals surface area contributed by atoms with Gasteiger partial charge in [0.1, 0.15) is 35.2 Å². The van der Waals surface area contributed by atoms with Crippen molar-refractivity contribution < 1.29 is 32.8 Å². The van der Waals surface area contributed by atoms with Gasteiger partial charge in [0.05, 0.1) is 33.5 Å². The highest BCUT2D eigenvalue weighted by Crippen LogP contribution is 2.50. The largest absolute Gasteiger partial charge is 0.497 e. The molecule has 0 radical (unpaired) electrons. The fraction of sp³-hybridized carbons (Fsp3) is 0.275. The van der Waals surface area contributed by atoms with Crippen molar-refractivity contribution in [1.29, 1.82) is 0 Å². The minimum atomic E-state index is -1.34. The van der Waals surface area contributed by atoms with Crippen molar-refractivity contribution in [3.8, 4) is 11.5 Å². The van der Waals surface area contributed by atoms with Gasteiger partial charge in [-0.2, -0.15) is 4.98 Å². The molecule has 1 unspecified atom stereocenters. The summed E-state index contributed by atoms with van der Waals surface area (Å²) in [5.74, 6) is 1.21. The van der Waals surface area contributed by atoms with Gasteiger partial charge in [0.2, 0.25) is 0 Å². The zero-order valence-corrected chi connectivity index (χ0v) is 30.6. The van der Waals surface area contributed by atoms with Crippen LogP contribution in [0.1, 0.15) is 39.7 Å². The van der Waals surface area contributed by atoms with Crippen molar-refractivity contribution in [1.82, 2.24) is 14.2 Å². The van der Waals surface area contributed by atoms with Crippen LogP contribution >= 0.6 is 8.53 Å². The molecule has 2 aliphatic rings. The molecule has 7 rings (SSSR count).